The van der Waals surface area contributed by atoms with Crippen molar-refractivity contribution in [3.63, 3.8) is 0 Å². The second kappa shape index (κ2) is 6.98. The molecule has 0 spiro atoms. The highest BCUT2D eigenvalue weighted by atomic mass is 15.4. The van der Waals surface area contributed by atoms with Crippen LogP contribution in [0.15, 0.2) is 67.0 Å². The first-order valence-corrected chi connectivity index (χ1v) is 8.95. The summed E-state index contributed by atoms with van der Waals surface area (Å²) >= 11 is 0. The lowest BCUT2D eigenvalue weighted by molar-refractivity contribution is 0.665. The van der Waals surface area contributed by atoms with Crippen molar-refractivity contribution in [2.75, 3.05) is 5.32 Å². The molecule has 1 aromatic carbocycles. The van der Waals surface area contributed by atoms with E-state index in [-0.39, 0.29) is 0 Å². The molecule has 138 valence electrons. The molecule has 0 saturated carbocycles. The Morgan fingerprint density at radius 2 is 1.90 bits per heavy atom. The predicted molar refractivity (Wildman–Crippen MR) is 108 cm³/mol. The van der Waals surface area contributed by atoms with Gasteiger partial charge in [0.25, 0.3) is 0 Å². The number of benzene rings is 1. The van der Waals surface area contributed by atoms with Gasteiger partial charge in [-0.3, -0.25) is 4.98 Å². The number of rotatable bonds is 4. The Hall–Kier alpha value is -4.38. The molecule has 0 amide bonds. The lowest BCUT2D eigenvalue weighted by Gasteiger charge is -2.07. The van der Waals surface area contributed by atoms with E-state index in [0.717, 1.165) is 22.2 Å². The largest absolute Gasteiger partial charge is 0.340 e. The molecule has 4 heterocycles. The summed E-state index contributed by atoms with van der Waals surface area (Å²) in [7, 11) is 0. The number of aromatic nitrogens is 6. The molecule has 0 unspecified atom stereocenters. The van der Waals surface area contributed by atoms with Crippen molar-refractivity contribution in [3.05, 3.63) is 78.2 Å². The van der Waals surface area contributed by atoms with Gasteiger partial charge in [-0.05, 0) is 48.0 Å². The zero-order valence-electron chi connectivity index (χ0n) is 15.2. The fourth-order valence-corrected chi connectivity index (χ4v) is 3.14. The molecule has 0 fully saturated rings. The number of anilines is 2. The molecule has 8 heteroatoms. The number of nitrogens with zero attached hydrogens (tertiary/aromatic N) is 7. The average Bonchev–Trinajstić information content (AvgIpc) is 3.16. The van der Waals surface area contributed by atoms with Crippen LogP contribution < -0.4 is 5.32 Å². The summed E-state index contributed by atoms with van der Waals surface area (Å²) in [6.45, 7) is 0.547. The van der Waals surface area contributed by atoms with Crippen LogP contribution in [0.1, 0.15) is 11.3 Å². The number of hydrogen-bond acceptors (Lipinski definition) is 7. The van der Waals surface area contributed by atoms with Crippen LogP contribution in [0.3, 0.4) is 0 Å². The Kier molecular flexibility index (Phi) is 4.03. The summed E-state index contributed by atoms with van der Waals surface area (Å²) in [6.07, 6.45) is 3.37. The molecule has 4 aromatic heterocycles. The van der Waals surface area contributed by atoms with Gasteiger partial charge in [0.2, 0.25) is 0 Å². The van der Waals surface area contributed by atoms with E-state index >= 15 is 0 Å². The first kappa shape index (κ1) is 16.8. The van der Waals surface area contributed by atoms with E-state index in [2.05, 4.69) is 36.6 Å². The van der Waals surface area contributed by atoms with Gasteiger partial charge in [-0.1, -0.05) is 17.3 Å². The lowest BCUT2D eigenvalue weighted by atomic mass is 10.1. The number of nitriles is 1. The van der Waals surface area contributed by atoms with Crippen molar-refractivity contribution in [1.82, 2.24) is 29.9 Å². The summed E-state index contributed by atoms with van der Waals surface area (Å²) in [5.74, 6) is 0.638. The summed E-state index contributed by atoms with van der Waals surface area (Å²) in [6, 6.07) is 19.3. The van der Waals surface area contributed by atoms with Gasteiger partial charge >= 0.3 is 0 Å². The standard InChI is InChI=1S/C21H14N8/c22-12-17-11-16(7-9-23-17)25-20-6-5-19-21(26-20)29(28-27-19)13-14-3-4-18-15(10-14)2-1-8-24-18/h1-11H,13H2,(H,23,25,26). The smallest absolute Gasteiger partial charge is 0.180 e. The van der Waals surface area contributed by atoms with Gasteiger partial charge < -0.3 is 5.32 Å². The third-order valence-corrected chi connectivity index (χ3v) is 4.51. The summed E-state index contributed by atoms with van der Waals surface area (Å²) in [5, 5.41) is 21.7. The van der Waals surface area contributed by atoms with Crippen molar-refractivity contribution in [3.8, 4) is 6.07 Å². The van der Waals surface area contributed by atoms with Crippen LogP contribution in [0.25, 0.3) is 22.1 Å². The van der Waals surface area contributed by atoms with Crippen LogP contribution >= 0.6 is 0 Å². The van der Waals surface area contributed by atoms with E-state index in [1.54, 1.807) is 29.2 Å². The Labute approximate surface area is 165 Å². The highest BCUT2D eigenvalue weighted by Gasteiger charge is 2.09. The van der Waals surface area contributed by atoms with Crippen LogP contribution in [0, 0.1) is 11.3 Å². The van der Waals surface area contributed by atoms with Crippen molar-refractivity contribution in [2.45, 2.75) is 6.54 Å². The van der Waals surface area contributed by atoms with Crippen molar-refractivity contribution in [1.29, 1.82) is 5.26 Å². The van der Waals surface area contributed by atoms with E-state index in [1.807, 2.05) is 42.5 Å². The van der Waals surface area contributed by atoms with E-state index in [9.17, 15) is 0 Å². The number of fused-ring (bicyclic) bond motifs is 2. The maximum absolute atomic E-state index is 9.00. The van der Waals surface area contributed by atoms with Crippen LogP contribution in [-0.2, 0) is 6.54 Å². The first-order chi connectivity index (χ1) is 14.3. The zero-order valence-corrected chi connectivity index (χ0v) is 15.2. The second-order valence-electron chi connectivity index (χ2n) is 6.48. The molecular weight excluding hydrogens is 364 g/mol. The Bertz CT molecular complexity index is 1380. The molecule has 0 aliphatic heterocycles. The van der Waals surface area contributed by atoms with Gasteiger partial charge in [-0.15, -0.1) is 5.10 Å². The average molecular weight is 378 g/mol. The van der Waals surface area contributed by atoms with Gasteiger partial charge in [0.05, 0.1) is 12.1 Å². The first-order valence-electron chi connectivity index (χ1n) is 8.95. The SMILES string of the molecule is N#Cc1cc(Nc2ccc3nnn(Cc4ccc5ncccc5c4)c3n2)ccn1. The highest BCUT2D eigenvalue weighted by Crippen LogP contribution is 2.19. The molecule has 0 aliphatic carbocycles. The molecule has 29 heavy (non-hydrogen) atoms. The Morgan fingerprint density at radius 1 is 0.966 bits per heavy atom. The summed E-state index contributed by atoms with van der Waals surface area (Å²) in [4.78, 5) is 13.0. The van der Waals surface area contributed by atoms with Gasteiger partial charge in [-0.25, -0.2) is 14.6 Å². The highest BCUT2D eigenvalue weighted by molar-refractivity contribution is 5.79. The predicted octanol–water partition coefficient (Wildman–Crippen LogP) is 3.43. The molecule has 8 nitrogen and oxygen atoms in total. The van der Waals surface area contributed by atoms with E-state index in [1.165, 1.54) is 0 Å². The van der Waals surface area contributed by atoms with Crippen LogP contribution in [-0.4, -0.2) is 29.9 Å². The van der Waals surface area contributed by atoms with Crippen LogP contribution in [0.4, 0.5) is 11.5 Å². The van der Waals surface area contributed by atoms with Gasteiger partial charge in [0.15, 0.2) is 5.65 Å². The minimum absolute atomic E-state index is 0.341. The van der Waals surface area contributed by atoms with Crippen LogP contribution in [0.2, 0.25) is 0 Å². The molecule has 0 bridgehead atoms. The fourth-order valence-electron chi connectivity index (χ4n) is 3.14. The third kappa shape index (κ3) is 3.33. The molecule has 1 N–H and O–H groups in total. The van der Waals surface area contributed by atoms with Crippen molar-refractivity contribution < 1.29 is 0 Å². The summed E-state index contributed by atoms with van der Waals surface area (Å²) < 4.78 is 1.77. The molecule has 0 atom stereocenters. The van der Waals surface area contributed by atoms with Gasteiger partial charge in [-0.2, -0.15) is 5.26 Å². The molecule has 0 radical (unpaired) electrons. The normalized spacial score (nSPS) is 10.9. The van der Waals surface area contributed by atoms with E-state index < -0.39 is 0 Å². The monoisotopic (exact) mass is 378 g/mol. The molecule has 5 rings (SSSR count). The van der Waals surface area contributed by atoms with Crippen molar-refractivity contribution in [2.24, 2.45) is 0 Å². The quantitative estimate of drug-likeness (QED) is 0.511. The molecule has 5 aromatic rings. The summed E-state index contributed by atoms with van der Waals surface area (Å²) in [5.41, 5.74) is 4.52. The maximum Gasteiger partial charge on any atom is 0.180 e. The topological polar surface area (TPSA) is 105 Å². The van der Waals surface area contributed by atoms with Crippen LogP contribution in [0.5, 0.6) is 0 Å². The number of pyridine rings is 3. The minimum Gasteiger partial charge on any atom is -0.340 e. The number of nitrogens with one attached hydrogen (secondary N) is 1. The Morgan fingerprint density at radius 3 is 2.83 bits per heavy atom. The second-order valence-corrected chi connectivity index (χ2v) is 6.48. The van der Waals surface area contributed by atoms with Crippen molar-refractivity contribution >= 4 is 33.6 Å². The van der Waals surface area contributed by atoms with E-state index in [4.69, 9.17) is 5.26 Å². The molecule has 0 aliphatic rings. The van der Waals surface area contributed by atoms with Gasteiger partial charge in [0.1, 0.15) is 23.1 Å². The Balaban J connectivity index is 1.46. The third-order valence-electron chi connectivity index (χ3n) is 4.51. The molecule has 0 saturated heterocycles. The number of hydrogen-bond donors (Lipinski definition) is 1. The lowest BCUT2D eigenvalue weighted by Crippen LogP contribution is -2.04. The van der Waals surface area contributed by atoms with Gasteiger partial charge in [0, 0.05) is 23.5 Å². The molecular formula is C21H14N8. The zero-order chi connectivity index (χ0) is 19.6. The maximum atomic E-state index is 9.00. The fraction of sp³-hybridized carbons (Fsp3) is 0.0476. The van der Waals surface area contributed by atoms with E-state index in [0.29, 0.717) is 29.2 Å². The minimum atomic E-state index is 0.341.